The van der Waals surface area contributed by atoms with Crippen LogP contribution in [-0.4, -0.2) is 6.61 Å². The van der Waals surface area contributed by atoms with Crippen LogP contribution in [0.15, 0.2) is 54.7 Å². The Balaban J connectivity index is 2.68. The minimum atomic E-state index is -0.388. The Kier molecular flexibility index (Phi) is 5.88. The summed E-state index contributed by atoms with van der Waals surface area (Å²) in [5, 5.41) is 0. The lowest BCUT2D eigenvalue weighted by atomic mass is 10.2. The van der Waals surface area contributed by atoms with E-state index in [-0.39, 0.29) is 11.6 Å². The number of hydrogen-bond donors (Lipinski definition) is 1. The molecule has 0 aromatic heterocycles. The number of benzene rings is 1. The van der Waals surface area contributed by atoms with E-state index in [4.69, 9.17) is 10.5 Å². The molecule has 96 valence electrons. The number of rotatable bonds is 6. The number of hydrogen-bond acceptors (Lipinski definition) is 2. The fourth-order valence-corrected chi connectivity index (χ4v) is 1.37. The van der Waals surface area contributed by atoms with Gasteiger partial charge in [0.1, 0.15) is 6.61 Å². The smallest absolute Gasteiger partial charge is 0.165 e. The maximum absolute atomic E-state index is 13.6. The first-order chi connectivity index (χ1) is 8.71. The molecular formula is C15H18FNO. The van der Waals surface area contributed by atoms with Crippen LogP contribution in [0.2, 0.25) is 0 Å². The van der Waals surface area contributed by atoms with Gasteiger partial charge in [0.15, 0.2) is 11.6 Å². The van der Waals surface area contributed by atoms with Crippen molar-refractivity contribution in [1.29, 1.82) is 0 Å². The summed E-state index contributed by atoms with van der Waals surface area (Å²) in [5.74, 6) is -0.153. The fraction of sp³-hybridized carbons (Fsp3) is 0.200. The maximum Gasteiger partial charge on any atom is 0.165 e. The average molecular weight is 247 g/mol. The first-order valence-electron chi connectivity index (χ1n) is 5.76. The monoisotopic (exact) mass is 247 g/mol. The summed E-state index contributed by atoms with van der Waals surface area (Å²) in [6.45, 7) is 6.13. The molecule has 1 aromatic rings. The van der Waals surface area contributed by atoms with Gasteiger partial charge in [-0.15, -0.1) is 0 Å². The second kappa shape index (κ2) is 7.45. The number of nitrogens with two attached hydrogens (primary N) is 1. The van der Waals surface area contributed by atoms with E-state index in [0.717, 1.165) is 11.1 Å². The lowest BCUT2D eigenvalue weighted by Crippen LogP contribution is -2.03. The zero-order chi connectivity index (χ0) is 13.4. The molecule has 0 aliphatic heterocycles. The van der Waals surface area contributed by atoms with Crippen molar-refractivity contribution in [3.63, 3.8) is 0 Å². The average Bonchev–Trinajstić information content (AvgIpc) is 2.40. The Labute approximate surface area is 107 Å². The van der Waals surface area contributed by atoms with Crippen molar-refractivity contribution in [3.05, 3.63) is 66.0 Å². The van der Waals surface area contributed by atoms with Crippen LogP contribution in [0.4, 0.5) is 4.39 Å². The van der Waals surface area contributed by atoms with Gasteiger partial charge < -0.3 is 10.5 Å². The van der Waals surface area contributed by atoms with Crippen molar-refractivity contribution >= 4 is 0 Å². The Morgan fingerprint density at radius 3 is 2.83 bits per heavy atom. The molecule has 0 radical (unpaired) electrons. The van der Waals surface area contributed by atoms with Crippen LogP contribution in [-0.2, 0) is 6.54 Å². The van der Waals surface area contributed by atoms with Gasteiger partial charge in [-0.05, 0) is 30.2 Å². The predicted molar refractivity (Wildman–Crippen MR) is 72.9 cm³/mol. The molecule has 1 rings (SSSR count). The van der Waals surface area contributed by atoms with Gasteiger partial charge in [0, 0.05) is 6.54 Å². The standard InChI is InChI=1S/C15H18FNO/c1-3-5-6-12(4-2)11-18-15-8-7-13(10-17)9-14(15)16/h3-9H,1,10-11,17H2,2H3/b6-5-,12-4?. The summed E-state index contributed by atoms with van der Waals surface area (Å²) in [6, 6.07) is 4.75. The van der Waals surface area contributed by atoms with Crippen molar-refractivity contribution in [2.75, 3.05) is 6.61 Å². The molecule has 0 aliphatic carbocycles. The largest absolute Gasteiger partial charge is 0.486 e. The van der Waals surface area contributed by atoms with Gasteiger partial charge in [-0.2, -0.15) is 0 Å². The van der Waals surface area contributed by atoms with Crippen LogP contribution in [0, 0.1) is 5.82 Å². The maximum atomic E-state index is 13.6. The van der Waals surface area contributed by atoms with E-state index < -0.39 is 0 Å². The van der Waals surface area contributed by atoms with Crippen LogP contribution in [0.25, 0.3) is 0 Å². The van der Waals surface area contributed by atoms with Crippen LogP contribution in [0.3, 0.4) is 0 Å². The molecule has 18 heavy (non-hydrogen) atoms. The zero-order valence-corrected chi connectivity index (χ0v) is 10.5. The highest BCUT2D eigenvalue weighted by Crippen LogP contribution is 2.19. The summed E-state index contributed by atoms with van der Waals surface area (Å²) in [4.78, 5) is 0. The number of ether oxygens (including phenoxy) is 1. The normalized spacial score (nSPS) is 11.8. The van der Waals surface area contributed by atoms with Crippen LogP contribution in [0.1, 0.15) is 12.5 Å². The molecule has 2 nitrogen and oxygen atoms in total. The Morgan fingerprint density at radius 1 is 1.50 bits per heavy atom. The molecule has 0 amide bonds. The Morgan fingerprint density at radius 2 is 2.28 bits per heavy atom. The molecule has 0 bridgehead atoms. The van der Waals surface area contributed by atoms with Crippen molar-refractivity contribution in [3.8, 4) is 5.75 Å². The lowest BCUT2D eigenvalue weighted by molar-refractivity contribution is 0.335. The highest BCUT2D eigenvalue weighted by molar-refractivity contribution is 5.30. The predicted octanol–water partition coefficient (Wildman–Crippen LogP) is 3.35. The van der Waals surface area contributed by atoms with E-state index in [1.54, 1.807) is 18.2 Å². The first-order valence-corrected chi connectivity index (χ1v) is 5.76. The molecule has 0 fully saturated rings. The second-order valence-corrected chi connectivity index (χ2v) is 3.72. The van der Waals surface area contributed by atoms with Crippen molar-refractivity contribution < 1.29 is 9.13 Å². The van der Waals surface area contributed by atoms with Gasteiger partial charge in [0.25, 0.3) is 0 Å². The minimum absolute atomic E-state index is 0.235. The van der Waals surface area contributed by atoms with Crippen LogP contribution >= 0.6 is 0 Å². The molecule has 3 heteroatoms. The first kappa shape index (κ1) is 14.2. The molecule has 0 spiro atoms. The molecule has 0 aliphatic rings. The third-order valence-electron chi connectivity index (χ3n) is 2.44. The molecule has 0 saturated carbocycles. The van der Waals surface area contributed by atoms with E-state index in [2.05, 4.69) is 6.58 Å². The number of allylic oxidation sites excluding steroid dienone is 3. The number of halogens is 1. The topological polar surface area (TPSA) is 35.2 Å². The van der Waals surface area contributed by atoms with Gasteiger partial charge in [-0.25, -0.2) is 4.39 Å². The van der Waals surface area contributed by atoms with Crippen LogP contribution < -0.4 is 10.5 Å². The van der Waals surface area contributed by atoms with Gasteiger partial charge in [-0.3, -0.25) is 0 Å². The van der Waals surface area contributed by atoms with Crippen LogP contribution in [0.5, 0.6) is 5.75 Å². The van der Waals surface area contributed by atoms with Crippen molar-refractivity contribution in [2.45, 2.75) is 13.5 Å². The summed E-state index contributed by atoms with van der Waals surface area (Å²) in [6.07, 6.45) is 7.28. The summed E-state index contributed by atoms with van der Waals surface area (Å²) in [5.41, 5.74) is 7.14. The van der Waals surface area contributed by atoms with Gasteiger partial charge >= 0.3 is 0 Å². The van der Waals surface area contributed by atoms with E-state index in [0.29, 0.717) is 13.2 Å². The summed E-state index contributed by atoms with van der Waals surface area (Å²) in [7, 11) is 0. The molecule has 0 unspecified atom stereocenters. The molecular weight excluding hydrogens is 229 g/mol. The van der Waals surface area contributed by atoms with E-state index >= 15 is 0 Å². The van der Waals surface area contributed by atoms with E-state index in [9.17, 15) is 4.39 Å². The third kappa shape index (κ3) is 4.18. The van der Waals surface area contributed by atoms with Gasteiger partial charge in [0.05, 0.1) is 0 Å². The molecule has 0 atom stereocenters. The Bertz CT molecular complexity index is 464. The van der Waals surface area contributed by atoms with E-state index in [1.165, 1.54) is 6.07 Å². The van der Waals surface area contributed by atoms with Gasteiger partial charge in [0.2, 0.25) is 0 Å². The summed E-state index contributed by atoms with van der Waals surface area (Å²) >= 11 is 0. The highest BCUT2D eigenvalue weighted by Gasteiger charge is 2.04. The highest BCUT2D eigenvalue weighted by atomic mass is 19.1. The van der Waals surface area contributed by atoms with Crippen molar-refractivity contribution in [2.24, 2.45) is 5.73 Å². The molecule has 0 heterocycles. The van der Waals surface area contributed by atoms with Crippen molar-refractivity contribution in [1.82, 2.24) is 0 Å². The zero-order valence-electron chi connectivity index (χ0n) is 10.5. The molecule has 2 N–H and O–H groups in total. The lowest BCUT2D eigenvalue weighted by Gasteiger charge is -2.08. The Hall–Kier alpha value is -1.87. The summed E-state index contributed by atoms with van der Waals surface area (Å²) < 4.78 is 19.0. The third-order valence-corrected chi connectivity index (χ3v) is 2.44. The second-order valence-electron chi connectivity index (χ2n) is 3.72. The van der Waals surface area contributed by atoms with Gasteiger partial charge in [-0.1, -0.05) is 36.9 Å². The molecule has 1 aromatic carbocycles. The van der Waals surface area contributed by atoms with E-state index in [1.807, 2.05) is 25.2 Å². The minimum Gasteiger partial charge on any atom is -0.486 e. The molecule has 0 saturated heterocycles. The fourth-order valence-electron chi connectivity index (χ4n) is 1.37. The quantitative estimate of drug-likeness (QED) is 0.782. The SMILES string of the molecule is C=C/C=C\C(=CC)COc1ccc(CN)cc1F.